The van der Waals surface area contributed by atoms with Crippen LogP contribution in [0, 0.1) is 13.8 Å². The Kier molecular flexibility index (Phi) is 7.62. The lowest BCUT2D eigenvalue weighted by atomic mass is 10.2. The van der Waals surface area contributed by atoms with E-state index in [0.29, 0.717) is 12.6 Å². The van der Waals surface area contributed by atoms with Crippen molar-refractivity contribution in [2.24, 2.45) is 4.99 Å². The number of hydrogen-bond donors (Lipinski definition) is 2. The molecular formula is C19H27IN6. The quantitative estimate of drug-likeness (QED) is 0.307. The second-order valence-electron chi connectivity index (χ2n) is 6.34. The highest BCUT2D eigenvalue weighted by atomic mass is 127. The van der Waals surface area contributed by atoms with Gasteiger partial charge in [0.1, 0.15) is 0 Å². The lowest BCUT2D eigenvalue weighted by Crippen LogP contribution is -2.42. The van der Waals surface area contributed by atoms with Crippen molar-refractivity contribution in [1.29, 1.82) is 0 Å². The zero-order chi connectivity index (χ0) is 17.6. The van der Waals surface area contributed by atoms with Crippen LogP contribution in [0.25, 0.3) is 5.82 Å². The molecule has 0 atom stereocenters. The van der Waals surface area contributed by atoms with Crippen LogP contribution >= 0.6 is 24.0 Å². The normalized spacial score (nSPS) is 14.3. The molecule has 0 aliphatic heterocycles. The number of aromatic nitrogens is 3. The standard InChI is InChI=1S/C19H26N6.HI/c1-4-20-19(23-17-7-5-6-8-17)22-13-16-9-10-18(21-12-16)25-15(3)11-14(2)24-25;/h5-6,9-12,17H,4,7-8,13H2,1-3H3,(H2,20,22,23);1H. The van der Waals surface area contributed by atoms with Crippen molar-refractivity contribution >= 4 is 29.9 Å². The Morgan fingerprint density at radius 2 is 2.04 bits per heavy atom. The number of nitrogens with one attached hydrogen (secondary N) is 2. The maximum atomic E-state index is 4.68. The molecule has 3 rings (SSSR count). The van der Waals surface area contributed by atoms with Gasteiger partial charge in [0.15, 0.2) is 11.8 Å². The number of nitrogens with zero attached hydrogens (tertiary/aromatic N) is 4. The van der Waals surface area contributed by atoms with E-state index in [0.717, 1.165) is 48.1 Å². The van der Waals surface area contributed by atoms with E-state index >= 15 is 0 Å². The smallest absolute Gasteiger partial charge is 0.191 e. The highest BCUT2D eigenvalue weighted by Gasteiger charge is 2.11. The van der Waals surface area contributed by atoms with E-state index in [2.05, 4.69) is 50.9 Å². The molecule has 0 aromatic carbocycles. The number of aryl methyl sites for hydroxylation is 2. The maximum absolute atomic E-state index is 4.68. The summed E-state index contributed by atoms with van der Waals surface area (Å²) < 4.78 is 1.86. The summed E-state index contributed by atoms with van der Waals surface area (Å²) in [6.45, 7) is 7.55. The monoisotopic (exact) mass is 466 g/mol. The van der Waals surface area contributed by atoms with Crippen molar-refractivity contribution in [1.82, 2.24) is 25.4 Å². The molecule has 0 amide bonds. The van der Waals surface area contributed by atoms with Crippen LogP contribution in [-0.4, -0.2) is 33.3 Å². The fraction of sp³-hybridized carbons (Fsp3) is 0.421. The molecule has 0 saturated carbocycles. The van der Waals surface area contributed by atoms with E-state index in [4.69, 9.17) is 0 Å². The molecule has 7 heteroatoms. The third-order valence-electron chi connectivity index (χ3n) is 4.15. The average Bonchev–Trinajstić information content (AvgIpc) is 3.22. The molecule has 0 bridgehead atoms. The van der Waals surface area contributed by atoms with Crippen LogP contribution in [0.1, 0.15) is 36.7 Å². The second kappa shape index (κ2) is 9.70. The molecule has 2 N–H and O–H groups in total. The van der Waals surface area contributed by atoms with Crippen molar-refractivity contribution in [3.8, 4) is 5.82 Å². The minimum atomic E-state index is 0. The number of aliphatic imine (C=N–C) groups is 1. The number of pyridine rings is 1. The third-order valence-corrected chi connectivity index (χ3v) is 4.15. The van der Waals surface area contributed by atoms with Crippen LogP contribution in [0.3, 0.4) is 0 Å². The lowest BCUT2D eigenvalue weighted by molar-refractivity contribution is 0.633. The molecule has 1 aliphatic rings. The molecule has 140 valence electrons. The fourth-order valence-corrected chi connectivity index (χ4v) is 2.92. The summed E-state index contributed by atoms with van der Waals surface area (Å²) in [5.74, 6) is 1.69. The number of guanidine groups is 1. The molecule has 0 fully saturated rings. The lowest BCUT2D eigenvalue weighted by Gasteiger charge is -2.16. The van der Waals surface area contributed by atoms with E-state index < -0.39 is 0 Å². The van der Waals surface area contributed by atoms with Gasteiger partial charge in [-0.2, -0.15) is 5.10 Å². The van der Waals surface area contributed by atoms with Crippen molar-refractivity contribution in [3.05, 3.63) is 53.5 Å². The molecule has 0 saturated heterocycles. The summed E-state index contributed by atoms with van der Waals surface area (Å²) in [5, 5.41) is 11.2. The van der Waals surface area contributed by atoms with Crippen LogP contribution in [-0.2, 0) is 6.54 Å². The first-order chi connectivity index (χ1) is 12.2. The third kappa shape index (κ3) is 5.30. The molecule has 2 heterocycles. The van der Waals surface area contributed by atoms with E-state index in [-0.39, 0.29) is 24.0 Å². The molecule has 6 nitrogen and oxygen atoms in total. The van der Waals surface area contributed by atoms with Gasteiger partial charge < -0.3 is 10.6 Å². The number of hydrogen-bond acceptors (Lipinski definition) is 3. The summed E-state index contributed by atoms with van der Waals surface area (Å²) in [6.07, 6.45) is 8.41. The van der Waals surface area contributed by atoms with Gasteiger partial charge in [-0.25, -0.2) is 14.7 Å². The van der Waals surface area contributed by atoms with Gasteiger partial charge >= 0.3 is 0 Å². The van der Waals surface area contributed by atoms with Gasteiger partial charge in [0, 0.05) is 24.5 Å². The van der Waals surface area contributed by atoms with E-state index in [1.165, 1.54) is 0 Å². The molecule has 0 spiro atoms. The van der Waals surface area contributed by atoms with Gasteiger partial charge in [-0.1, -0.05) is 18.2 Å². The summed E-state index contributed by atoms with van der Waals surface area (Å²) in [6, 6.07) is 6.55. The number of rotatable bonds is 5. The minimum Gasteiger partial charge on any atom is -0.357 e. The zero-order valence-electron chi connectivity index (χ0n) is 15.6. The summed E-state index contributed by atoms with van der Waals surface area (Å²) in [7, 11) is 0. The Labute approximate surface area is 172 Å². The Hall–Kier alpha value is -1.90. The van der Waals surface area contributed by atoms with Gasteiger partial charge in [0.2, 0.25) is 0 Å². The van der Waals surface area contributed by atoms with Crippen molar-refractivity contribution < 1.29 is 0 Å². The number of halogens is 1. The summed E-state index contributed by atoms with van der Waals surface area (Å²) in [4.78, 5) is 9.21. The topological polar surface area (TPSA) is 67.1 Å². The summed E-state index contributed by atoms with van der Waals surface area (Å²) in [5.41, 5.74) is 3.15. The van der Waals surface area contributed by atoms with Gasteiger partial charge in [-0.05, 0) is 51.3 Å². The predicted octanol–water partition coefficient (Wildman–Crippen LogP) is 3.28. The predicted molar refractivity (Wildman–Crippen MR) is 116 cm³/mol. The average molecular weight is 466 g/mol. The highest BCUT2D eigenvalue weighted by Crippen LogP contribution is 2.11. The van der Waals surface area contributed by atoms with Crippen molar-refractivity contribution in [3.63, 3.8) is 0 Å². The van der Waals surface area contributed by atoms with Crippen LogP contribution in [0.2, 0.25) is 0 Å². The molecule has 0 radical (unpaired) electrons. The Balaban J connectivity index is 0.00000243. The van der Waals surface area contributed by atoms with Crippen LogP contribution in [0.4, 0.5) is 0 Å². The Morgan fingerprint density at radius 3 is 2.62 bits per heavy atom. The molecule has 2 aromatic heterocycles. The van der Waals surface area contributed by atoms with Gasteiger partial charge in [0.05, 0.1) is 12.2 Å². The van der Waals surface area contributed by atoms with Crippen LogP contribution in [0.15, 0.2) is 41.5 Å². The highest BCUT2D eigenvalue weighted by molar-refractivity contribution is 14.0. The summed E-state index contributed by atoms with van der Waals surface area (Å²) >= 11 is 0. The van der Waals surface area contributed by atoms with Crippen molar-refractivity contribution in [2.75, 3.05) is 6.54 Å². The first-order valence-electron chi connectivity index (χ1n) is 8.84. The first kappa shape index (κ1) is 20.4. The van der Waals surface area contributed by atoms with Gasteiger partial charge in [-0.15, -0.1) is 24.0 Å². The van der Waals surface area contributed by atoms with Crippen molar-refractivity contribution in [2.45, 2.75) is 46.2 Å². The first-order valence-corrected chi connectivity index (χ1v) is 8.84. The van der Waals surface area contributed by atoms with Gasteiger partial charge in [-0.3, -0.25) is 0 Å². The fourth-order valence-electron chi connectivity index (χ4n) is 2.92. The molecule has 2 aromatic rings. The van der Waals surface area contributed by atoms with E-state index in [1.54, 1.807) is 0 Å². The SMILES string of the molecule is CCNC(=NCc1ccc(-n2nc(C)cc2C)nc1)NC1CC=CC1.I. The van der Waals surface area contributed by atoms with E-state index in [9.17, 15) is 0 Å². The molecule has 0 unspecified atom stereocenters. The van der Waals surface area contributed by atoms with Crippen LogP contribution < -0.4 is 10.6 Å². The molecule has 26 heavy (non-hydrogen) atoms. The molecule has 1 aliphatic carbocycles. The minimum absolute atomic E-state index is 0. The van der Waals surface area contributed by atoms with Crippen LogP contribution in [0.5, 0.6) is 0 Å². The second-order valence-corrected chi connectivity index (χ2v) is 6.34. The Morgan fingerprint density at radius 1 is 1.27 bits per heavy atom. The van der Waals surface area contributed by atoms with E-state index in [1.807, 2.05) is 36.9 Å². The Bertz CT molecular complexity index is 755. The van der Waals surface area contributed by atoms with Gasteiger partial charge in [0.25, 0.3) is 0 Å². The zero-order valence-corrected chi connectivity index (χ0v) is 17.9. The maximum Gasteiger partial charge on any atom is 0.191 e. The molecular weight excluding hydrogens is 439 g/mol. The largest absolute Gasteiger partial charge is 0.357 e.